The minimum absolute atomic E-state index is 0.584. The van der Waals surface area contributed by atoms with Crippen LogP contribution in [0.1, 0.15) is 23.6 Å². The Kier molecular flexibility index (Phi) is 5.91. The van der Waals surface area contributed by atoms with Crippen LogP contribution in [-0.4, -0.2) is 20.3 Å². The molecular formula is C12H21NOS. The van der Waals surface area contributed by atoms with Gasteiger partial charge in [-0.15, -0.1) is 11.3 Å². The van der Waals surface area contributed by atoms with Crippen LogP contribution in [0.25, 0.3) is 0 Å². The summed E-state index contributed by atoms with van der Waals surface area (Å²) in [7, 11) is 1.75. The van der Waals surface area contributed by atoms with Crippen molar-refractivity contribution in [2.24, 2.45) is 5.92 Å². The van der Waals surface area contributed by atoms with E-state index in [-0.39, 0.29) is 0 Å². The van der Waals surface area contributed by atoms with Crippen LogP contribution < -0.4 is 5.32 Å². The molecule has 1 heterocycles. The third-order valence-electron chi connectivity index (χ3n) is 2.31. The molecule has 1 aromatic rings. The third kappa shape index (κ3) is 4.78. The SMILES string of the molecule is CCc1ccc(CNCC(C)COC)s1. The Morgan fingerprint density at radius 2 is 2.13 bits per heavy atom. The number of ether oxygens (including phenoxy) is 1. The predicted molar refractivity (Wildman–Crippen MR) is 66.4 cm³/mol. The summed E-state index contributed by atoms with van der Waals surface area (Å²) in [5, 5.41) is 3.45. The summed E-state index contributed by atoms with van der Waals surface area (Å²) in [6.45, 7) is 7.23. The van der Waals surface area contributed by atoms with E-state index in [9.17, 15) is 0 Å². The smallest absolute Gasteiger partial charge is 0.0499 e. The van der Waals surface area contributed by atoms with Crippen LogP contribution in [0.5, 0.6) is 0 Å². The average molecular weight is 227 g/mol. The van der Waals surface area contributed by atoms with Gasteiger partial charge in [-0.1, -0.05) is 13.8 Å². The van der Waals surface area contributed by atoms with Gasteiger partial charge in [-0.3, -0.25) is 0 Å². The van der Waals surface area contributed by atoms with E-state index >= 15 is 0 Å². The minimum atomic E-state index is 0.584. The second kappa shape index (κ2) is 6.99. The van der Waals surface area contributed by atoms with Crippen LogP contribution in [0, 0.1) is 5.92 Å². The van der Waals surface area contributed by atoms with Gasteiger partial charge in [0.2, 0.25) is 0 Å². The second-order valence-electron chi connectivity index (χ2n) is 3.91. The van der Waals surface area contributed by atoms with Crippen molar-refractivity contribution in [2.75, 3.05) is 20.3 Å². The van der Waals surface area contributed by atoms with Crippen molar-refractivity contribution >= 4 is 11.3 Å². The van der Waals surface area contributed by atoms with E-state index in [0.29, 0.717) is 5.92 Å². The van der Waals surface area contributed by atoms with E-state index in [0.717, 1.165) is 26.1 Å². The lowest BCUT2D eigenvalue weighted by Crippen LogP contribution is -2.22. The Morgan fingerprint density at radius 1 is 1.40 bits per heavy atom. The molecule has 0 saturated heterocycles. The molecule has 3 heteroatoms. The van der Waals surface area contributed by atoms with Gasteiger partial charge in [0.1, 0.15) is 0 Å². The van der Waals surface area contributed by atoms with E-state index in [2.05, 4.69) is 31.3 Å². The molecule has 0 aliphatic carbocycles. The number of hydrogen-bond acceptors (Lipinski definition) is 3. The lowest BCUT2D eigenvalue weighted by atomic mass is 10.2. The van der Waals surface area contributed by atoms with Gasteiger partial charge in [0, 0.05) is 36.6 Å². The van der Waals surface area contributed by atoms with Gasteiger partial charge in [0.25, 0.3) is 0 Å². The maximum absolute atomic E-state index is 5.09. The molecule has 1 unspecified atom stereocenters. The van der Waals surface area contributed by atoms with Gasteiger partial charge < -0.3 is 10.1 Å². The lowest BCUT2D eigenvalue weighted by Gasteiger charge is -2.10. The zero-order valence-corrected chi connectivity index (χ0v) is 10.7. The monoisotopic (exact) mass is 227 g/mol. The normalized spacial score (nSPS) is 13.0. The van der Waals surface area contributed by atoms with Crippen molar-refractivity contribution in [3.63, 3.8) is 0 Å². The quantitative estimate of drug-likeness (QED) is 0.773. The molecule has 0 bridgehead atoms. The van der Waals surface area contributed by atoms with Crippen molar-refractivity contribution in [3.05, 3.63) is 21.9 Å². The highest BCUT2D eigenvalue weighted by Crippen LogP contribution is 2.16. The molecule has 0 fully saturated rings. The molecule has 1 N–H and O–H groups in total. The molecule has 86 valence electrons. The van der Waals surface area contributed by atoms with Gasteiger partial charge in [-0.05, 0) is 24.5 Å². The van der Waals surface area contributed by atoms with Gasteiger partial charge in [-0.2, -0.15) is 0 Å². The van der Waals surface area contributed by atoms with Crippen molar-refractivity contribution in [2.45, 2.75) is 26.8 Å². The summed E-state index contributed by atoms with van der Waals surface area (Å²) < 4.78 is 5.09. The largest absolute Gasteiger partial charge is 0.384 e. The topological polar surface area (TPSA) is 21.3 Å². The molecule has 1 atom stereocenters. The fourth-order valence-electron chi connectivity index (χ4n) is 1.49. The highest BCUT2D eigenvalue weighted by Gasteiger charge is 2.02. The van der Waals surface area contributed by atoms with Gasteiger partial charge >= 0.3 is 0 Å². The first-order valence-electron chi connectivity index (χ1n) is 5.53. The van der Waals surface area contributed by atoms with Crippen LogP contribution in [0.4, 0.5) is 0 Å². The first-order valence-corrected chi connectivity index (χ1v) is 6.35. The van der Waals surface area contributed by atoms with Crippen LogP contribution in [0.15, 0.2) is 12.1 Å². The molecule has 1 rings (SSSR count). The maximum Gasteiger partial charge on any atom is 0.0499 e. The second-order valence-corrected chi connectivity index (χ2v) is 5.17. The van der Waals surface area contributed by atoms with E-state index in [4.69, 9.17) is 4.74 Å². The summed E-state index contributed by atoms with van der Waals surface area (Å²) >= 11 is 1.90. The molecule has 1 aromatic heterocycles. The van der Waals surface area contributed by atoms with E-state index < -0.39 is 0 Å². The number of methoxy groups -OCH3 is 1. The van der Waals surface area contributed by atoms with Crippen molar-refractivity contribution < 1.29 is 4.74 Å². The fraction of sp³-hybridized carbons (Fsp3) is 0.667. The highest BCUT2D eigenvalue weighted by molar-refractivity contribution is 7.11. The van der Waals surface area contributed by atoms with Gasteiger partial charge in [0.05, 0.1) is 0 Å². The fourth-order valence-corrected chi connectivity index (χ4v) is 2.42. The summed E-state index contributed by atoms with van der Waals surface area (Å²) in [5.74, 6) is 0.584. The minimum Gasteiger partial charge on any atom is -0.384 e. The van der Waals surface area contributed by atoms with Crippen molar-refractivity contribution in [1.29, 1.82) is 0 Å². The molecule has 0 aliphatic heterocycles. The van der Waals surface area contributed by atoms with Gasteiger partial charge in [0.15, 0.2) is 0 Å². The third-order valence-corrected chi connectivity index (χ3v) is 3.54. The average Bonchev–Trinajstić information content (AvgIpc) is 2.66. The summed E-state index contributed by atoms with van der Waals surface area (Å²) in [5.41, 5.74) is 0. The number of hydrogen-bond donors (Lipinski definition) is 1. The lowest BCUT2D eigenvalue weighted by molar-refractivity contribution is 0.158. The number of aryl methyl sites for hydroxylation is 1. The molecular weight excluding hydrogens is 206 g/mol. The molecule has 0 radical (unpaired) electrons. The first kappa shape index (κ1) is 12.7. The summed E-state index contributed by atoms with van der Waals surface area (Å²) in [6.07, 6.45) is 1.14. The van der Waals surface area contributed by atoms with E-state index in [1.54, 1.807) is 7.11 Å². The van der Waals surface area contributed by atoms with E-state index in [1.807, 2.05) is 11.3 Å². The Morgan fingerprint density at radius 3 is 2.73 bits per heavy atom. The van der Waals surface area contributed by atoms with Crippen LogP contribution in [0.3, 0.4) is 0 Å². The summed E-state index contributed by atoms with van der Waals surface area (Å²) in [6, 6.07) is 4.44. The molecule has 2 nitrogen and oxygen atoms in total. The zero-order valence-electron chi connectivity index (χ0n) is 9.88. The van der Waals surface area contributed by atoms with Crippen LogP contribution >= 0.6 is 11.3 Å². The van der Waals surface area contributed by atoms with E-state index in [1.165, 1.54) is 9.75 Å². The van der Waals surface area contributed by atoms with Crippen LogP contribution in [0.2, 0.25) is 0 Å². The first-order chi connectivity index (χ1) is 7.26. The predicted octanol–water partition coefficient (Wildman–Crippen LogP) is 2.68. The number of nitrogens with one attached hydrogen (secondary N) is 1. The molecule has 0 amide bonds. The Bertz CT molecular complexity index is 272. The Balaban J connectivity index is 2.19. The number of thiophene rings is 1. The molecule has 0 aliphatic rings. The maximum atomic E-state index is 5.09. The van der Waals surface area contributed by atoms with Gasteiger partial charge in [-0.25, -0.2) is 0 Å². The Labute approximate surface area is 96.7 Å². The van der Waals surface area contributed by atoms with Crippen molar-refractivity contribution in [1.82, 2.24) is 5.32 Å². The molecule has 0 saturated carbocycles. The van der Waals surface area contributed by atoms with Crippen molar-refractivity contribution in [3.8, 4) is 0 Å². The molecule has 0 spiro atoms. The Hall–Kier alpha value is -0.380. The summed E-state index contributed by atoms with van der Waals surface area (Å²) in [4.78, 5) is 2.90. The number of rotatable bonds is 7. The zero-order chi connectivity index (χ0) is 11.1. The molecule has 0 aromatic carbocycles. The van der Waals surface area contributed by atoms with Crippen LogP contribution in [-0.2, 0) is 17.7 Å². The molecule has 15 heavy (non-hydrogen) atoms. The highest BCUT2D eigenvalue weighted by atomic mass is 32.1. The standard InChI is InChI=1S/C12H21NOS/c1-4-11-5-6-12(15-11)8-13-7-10(2)9-14-3/h5-6,10,13H,4,7-9H2,1-3H3.